The van der Waals surface area contributed by atoms with E-state index in [2.05, 4.69) is 15.2 Å². The molecule has 0 fully saturated rings. The summed E-state index contributed by atoms with van der Waals surface area (Å²) in [6.45, 7) is 0. The first-order chi connectivity index (χ1) is 17.3. The minimum Gasteiger partial charge on any atom is -0.496 e. The number of hydrogen-bond donors (Lipinski definition) is 2. The predicted molar refractivity (Wildman–Crippen MR) is 139 cm³/mol. The number of hydrazone groups is 1. The van der Waals surface area contributed by atoms with Crippen LogP contribution in [0.1, 0.15) is 5.56 Å². The average Bonchev–Trinajstić information content (AvgIpc) is 2.88. The van der Waals surface area contributed by atoms with Gasteiger partial charge in [-0.25, -0.2) is 8.42 Å². The molecule has 0 amide bonds. The molecule has 2 N–H and O–H groups in total. The fraction of sp³-hybridized carbons (Fsp3) is 0.0800. The maximum atomic E-state index is 12.9. The fourth-order valence-corrected chi connectivity index (χ4v) is 4.70. The molecule has 0 saturated heterocycles. The number of ether oxygens (including phenoxy) is 2. The maximum Gasteiger partial charge on any atom is 0.295 e. The van der Waals surface area contributed by atoms with Gasteiger partial charge < -0.3 is 9.47 Å². The molecule has 0 unspecified atom stereocenters. The summed E-state index contributed by atoms with van der Waals surface area (Å²) in [6.07, 6.45) is 1.50. The van der Waals surface area contributed by atoms with Crippen molar-refractivity contribution in [3.05, 3.63) is 94.5 Å². The van der Waals surface area contributed by atoms with Gasteiger partial charge in [-0.2, -0.15) is 5.10 Å². The highest BCUT2D eigenvalue weighted by Crippen LogP contribution is 2.31. The minimum atomic E-state index is -4.13. The Balaban J connectivity index is 1.63. The molecule has 4 aromatic carbocycles. The van der Waals surface area contributed by atoms with Gasteiger partial charge in [0.1, 0.15) is 17.2 Å². The third-order valence-corrected chi connectivity index (χ3v) is 6.72. The summed E-state index contributed by atoms with van der Waals surface area (Å²) in [5.74, 6) is 0.893. The van der Waals surface area contributed by atoms with Gasteiger partial charge in [-0.05, 0) is 41.1 Å². The number of nitro groups is 1. The number of nitrogens with zero attached hydrogens (tertiary/aromatic N) is 2. The van der Waals surface area contributed by atoms with E-state index in [0.717, 1.165) is 16.8 Å². The van der Waals surface area contributed by atoms with Crippen LogP contribution >= 0.6 is 0 Å². The molecule has 0 heterocycles. The number of anilines is 2. The van der Waals surface area contributed by atoms with E-state index in [0.29, 0.717) is 17.1 Å². The molecule has 0 radical (unpaired) electrons. The van der Waals surface area contributed by atoms with Crippen molar-refractivity contribution in [2.75, 3.05) is 24.4 Å². The molecular weight excluding hydrogens is 484 g/mol. The molecule has 0 aromatic heterocycles. The summed E-state index contributed by atoms with van der Waals surface area (Å²) in [4.78, 5) is 10.8. The van der Waals surface area contributed by atoms with Gasteiger partial charge in [0.05, 0.1) is 35.9 Å². The summed E-state index contributed by atoms with van der Waals surface area (Å²) in [5, 5.41) is 17.7. The zero-order valence-electron chi connectivity index (χ0n) is 19.3. The van der Waals surface area contributed by atoms with E-state index in [9.17, 15) is 18.5 Å². The van der Waals surface area contributed by atoms with Crippen LogP contribution < -0.4 is 19.6 Å². The number of nitrogens with one attached hydrogen (secondary N) is 2. The quantitative estimate of drug-likeness (QED) is 0.185. The Labute approximate surface area is 207 Å². The molecule has 0 bridgehead atoms. The predicted octanol–water partition coefficient (Wildman–Crippen LogP) is 5.01. The SMILES string of the molecule is COc1ccccc1NS(=O)(=O)c1ccc(NN=Cc2c(OC)ccc3ccccc23)c([N+](=O)[O-])c1. The lowest BCUT2D eigenvalue weighted by molar-refractivity contribution is -0.384. The second-order valence-corrected chi connectivity index (χ2v) is 9.20. The molecule has 36 heavy (non-hydrogen) atoms. The van der Waals surface area contributed by atoms with E-state index in [4.69, 9.17) is 9.47 Å². The van der Waals surface area contributed by atoms with Crippen molar-refractivity contribution >= 4 is 44.1 Å². The molecular formula is C25H22N4O6S. The van der Waals surface area contributed by atoms with E-state index in [1.807, 2.05) is 30.3 Å². The molecule has 4 aromatic rings. The van der Waals surface area contributed by atoms with Crippen LogP contribution in [0.4, 0.5) is 17.1 Å². The Morgan fingerprint density at radius 2 is 1.61 bits per heavy atom. The Kier molecular flexibility index (Phi) is 7.02. The van der Waals surface area contributed by atoms with Gasteiger partial charge in [-0.1, -0.05) is 42.5 Å². The van der Waals surface area contributed by atoms with Gasteiger partial charge in [0, 0.05) is 11.6 Å². The molecule has 0 saturated carbocycles. The van der Waals surface area contributed by atoms with E-state index < -0.39 is 20.6 Å². The van der Waals surface area contributed by atoms with Gasteiger partial charge in [0.15, 0.2) is 0 Å². The standard InChI is InChI=1S/C25H22N4O6S/c1-34-24-14-11-17-7-3-4-8-19(17)20(24)16-26-27-21-13-12-18(15-23(21)29(30)31)36(32,33)28-22-9-5-6-10-25(22)35-2/h3-16,27-28H,1-2H3. The van der Waals surface area contributed by atoms with Crippen LogP contribution in [0.5, 0.6) is 11.5 Å². The Morgan fingerprint density at radius 1 is 0.889 bits per heavy atom. The summed E-state index contributed by atoms with van der Waals surface area (Å²) in [7, 11) is -1.18. The molecule has 10 nitrogen and oxygen atoms in total. The molecule has 184 valence electrons. The van der Waals surface area contributed by atoms with E-state index in [1.54, 1.807) is 24.3 Å². The summed E-state index contributed by atoms with van der Waals surface area (Å²) in [6, 6.07) is 21.3. The van der Waals surface area contributed by atoms with Crippen LogP contribution in [0, 0.1) is 10.1 Å². The molecule has 11 heteroatoms. The van der Waals surface area contributed by atoms with Crippen molar-refractivity contribution in [2.24, 2.45) is 5.10 Å². The number of benzene rings is 4. The first-order valence-corrected chi connectivity index (χ1v) is 12.1. The molecule has 0 aliphatic rings. The highest BCUT2D eigenvalue weighted by molar-refractivity contribution is 7.92. The lowest BCUT2D eigenvalue weighted by Gasteiger charge is -2.12. The topological polar surface area (TPSA) is 132 Å². The third kappa shape index (κ3) is 5.05. The Hall–Kier alpha value is -4.64. The van der Waals surface area contributed by atoms with E-state index in [-0.39, 0.29) is 16.3 Å². The highest BCUT2D eigenvalue weighted by Gasteiger charge is 2.22. The van der Waals surface area contributed by atoms with Crippen molar-refractivity contribution < 1.29 is 22.8 Å². The summed E-state index contributed by atoms with van der Waals surface area (Å²) < 4.78 is 38.8. The Bertz CT molecular complexity index is 1570. The zero-order valence-corrected chi connectivity index (χ0v) is 20.2. The van der Waals surface area contributed by atoms with E-state index >= 15 is 0 Å². The average molecular weight is 507 g/mol. The van der Waals surface area contributed by atoms with Gasteiger partial charge in [-0.3, -0.25) is 20.3 Å². The van der Waals surface area contributed by atoms with Crippen LogP contribution in [-0.2, 0) is 10.0 Å². The monoisotopic (exact) mass is 506 g/mol. The minimum absolute atomic E-state index is 0.0201. The fourth-order valence-electron chi connectivity index (χ4n) is 3.61. The number of para-hydroxylation sites is 2. The van der Waals surface area contributed by atoms with Gasteiger partial charge in [0.2, 0.25) is 0 Å². The number of nitro benzene ring substituents is 1. The van der Waals surface area contributed by atoms with Gasteiger partial charge >= 0.3 is 0 Å². The molecule has 0 aliphatic heterocycles. The summed E-state index contributed by atoms with van der Waals surface area (Å²) >= 11 is 0. The van der Waals surface area contributed by atoms with Gasteiger partial charge in [0.25, 0.3) is 15.7 Å². The first kappa shape index (κ1) is 24.5. The lowest BCUT2D eigenvalue weighted by Crippen LogP contribution is -2.14. The number of sulfonamides is 1. The van der Waals surface area contributed by atoms with E-state index in [1.165, 1.54) is 38.6 Å². The van der Waals surface area contributed by atoms with Crippen LogP contribution in [0.15, 0.2) is 88.9 Å². The van der Waals surface area contributed by atoms with Gasteiger partial charge in [-0.15, -0.1) is 0 Å². The first-order valence-electron chi connectivity index (χ1n) is 10.6. The van der Waals surface area contributed by atoms with Crippen LogP contribution in [0.2, 0.25) is 0 Å². The molecule has 0 atom stereocenters. The Morgan fingerprint density at radius 3 is 2.36 bits per heavy atom. The normalized spacial score (nSPS) is 11.4. The second kappa shape index (κ2) is 10.3. The largest absolute Gasteiger partial charge is 0.496 e. The van der Waals surface area contributed by atoms with Crippen molar-refractivity contribution in [3.63, 3.8) is 0 Å². The number of rotatable bonds is 9. The molecule has 4 rings (SSSR count). The summed E-state index contributed by atoms with van der Waals surface area (Å²) in [5.41, 5.74) is 3.10. The number of methoxy groups -OCH3 is 2. The smallest absolute Gasteiger partial charge is 0.295 e. The van der Waals surface area contributed by atoms with Crippen LogP contribution in [0.3, 0.4) is 0 Å². The number of fused-ring (bicyclic) bond motifs is 1. The van der Waals surface area contributed by atoms with Crippen molar-refractivity contribution in [2.45, 2.75) is 4.90 Å². The highest BCUT2D eigenvalue weighted by atomic mass is 32.2. The molecule has 0 aliphatic carbocycles. The third-order valence-electron chi connectivity index (χ3n) is 5.36. The zero-order chi connectivity index (χ0) is 25.7. The molecule has 0 spiro atoms. The number of hydrogen-bond acceptors (Lipinski definition) is 8. The van der Waals surface area contributed by atoms with Crippen molar-refractivity contribution in [3.8, 4) is 11.5 Å². The van der Waals surface area contributed by atoms with Crippen LogP contribution in [-0.4, -0.2) is 33.8 Å². The lowest BCUT2D eigenvalue weighted by atomic mass is 10.0. The van der Waals surface area contributed by atoms with Crippen LogP contribution in [0.25, 0.3) is 10.8 Å². The second-order valence-electron chi connectivity index (χ2n) is 7.51. The van der Waals surface area contributed by atoms with Crippen molar-refractivity contribution in [1.82, 2.24) is 0 Å². The van der Waals surface area contributed by atoms with Crippen molar-refractivity contribution in [1.29, 1.82) is 0 Å². The maximum absolute atomic E-state index is 12.9.